The Morgan fingerprint density at radius 2 is 1.35 bits per heavy atom. The van der Waals surface area contributed by atoms with Crippen molar-refractivity contribution in [1.29, 1.82) is 0 Å². The maximum Gasteiger partial charge on any atom is 0.314 e. The number of benzene rings is 2. The molecule has 2 aromatic rings. The lowest BCUT2D eigenvalue weighted by atomic mass is 10.2. The second kappa shape index (κ2) is 9.31. The largest absolute Gasteiger partial charge is 0.490 e. The first-order valence-corrected chi connectivity index (χ1v) is 8.67. The molecule has 0 unspecified atom stereocenters. The molecule has 26 heavy (non-hydrogen) atoms. The molecule has 0 aromatic heterocycles. The summed E-state index contributed by atoms with van der Waals surface area (Å²) in [5.41, 5.74) is 0.771. The van der Waals surface area contributed by atoms with Gasteiger partial charge in [0.1, 0.15) is 0 Å². The van der Waals surface area contributed by atoms with Gasteiger partial charge in [0, 0.05) is 17.4 Å². The van der Waals surface area contributed by atoms with Crippen LogP contribution in [0.1, 0.15) is 13.8 Å². The van der Waals surface area contributed by atoms with Crippen molar-refractivity contribution in [2.75, 3.05) is 23.8 Å². The highest BCUT2D eigenvalue weighted by atomic mass is 35.5. The van der Waals surface area contributed by atoms with E-state index in [1.165, 1.54) is 12.1 Å². The number of carbonyl (C=O) groups is 2. The standard InChI is InChI=1S/C18H18Cl2N2O4/c1-3-25-15-8-6-12(10-16(15)26-4-2)22-18(24)17(23)21-11-5-7-13(19)14(20)9-11/h5-10H,3-4H2,1-2H3,(H,21,23)(H,22,24). The lowest BCUT2D eigenvalue weighted by Gasteiger charge is -2.13. The Morgan fingerprint density at radius 1 is 0.808 bits per heavy atom. The number of carbonyl (C=O) groups excluding carboxylic acids is 2. The van der Waals surface area contributed by atoms with Gasteiger partial charge >= 0.3 is 11.8 Å². The Kier molecular flexibility index (Phi) is 7.12. The number of rotatable bonds is 6. The molecule has 0 aliphatic carbocycles. The predicted molar refractivity (Wildman–Crippen MR) is 103 cm³/mol. The summed E-state index contributed by atoms with van der Waals surface area (Å²) >= 11 is 11.7. The third-order valence-electron chi connectivity index (χ3n) is 3.18. The summed E-state index contributed by atoms with van der Waals surface area (Å²) in [6.45, 7) is 4.62. The molecule has 2 aromatic carbocycles. The van der Waals surface area contributed by atoms with Gasteiger partial charge in [0.15, 0.2) is 11.5 Å². The fraction of sp³-hybridized carbons (Fsp3) is 0.222. The van der Waals surface area contributed by atoms with Gasteiger partial charge in [-0.2, -0.15) is 0 Å². The number of halogens is 2. The highest BCUT2D eigenvalue weighted by molar-refractivity contribution is 6.44. The van der Waals surface area contributed by atoms with Crippen LogP contribution in [0.2, 0.25) is 10.0 Å². The smallest absolute Gasteiger partial charge is 0.314 e. The van der Waals surface area contributed by atoms with Crippen LogP contribution in [0.5, 0.6) is 11.5 Å². The van der Waals surface area contributed by atoms with E-state index in [0.717, 1.165) is 0 Å². The van der Waals surface area contributed by atoms with Crippen LogP contribution >= 0.6 is 23.2 Å². The summed E-state index contributed by atoms with van der Waals surface area (Å²) in [7, 11) is 0. The van der Waals surface area contributed by atoms with Crippen LogP contribution in [-0.2, 0) is 9.59 Å². The third-order valence-corrected chi connectivity index (χ3v) is 3.92. The first-order valence-electron chi connectivity index (χ1n) is 7.91. The van der Waals surface area contributed by atoms with E-state index in [9.17, 15) is 9.59 Å². The van der Waals surface area contributed by atoms with E-state index in [0.29, 0.717) is 41.1 Å². The Bertz CT molecular complexity index is 812. The molecular weight excluding hydrogens is 379 g/mol. The molecule has 2 N–H and O–H groups in total. The molecule has 2 amide bonds. The molecule has 0 atom stereocenters. The van der Waals surface area contributed by atoms with Gasteiger partial charge in [-0.25, -0.2) is 0 Å². The minimum Gasteiger partial charge on any atom is -0.490 e. The number of anilines is 2. The van der Waals surface area contributed by atoms with Gasteiger partial charge in [0.25, 0.3) is 0 Å². The summed E-state index contributed by atoms with van der Waals surface area (Å²) in [6.07, 6.45) is 0. The van der Waals surface area contributed by atoms with Crippen molar-refractivity contribution in [3.63, 3.8) is 0 Å². The summed E-state index contributed by atoms with van der Waals surface area (Å²) in [5, 5.41) is 5.59. The second-order valence-electron chi connectivity index (χ2n) is 5.06. The van der Waals surface area contributed by atoms with E-state index in [2.05, 4.69) is 10.6 Å². The average Bonchev–Trinajstić information content (AvgIpc) is 2.60. The van der Waals surface area contributed by atoms with Crippen LogP contribution in [0.15, 0.2) is 36.4 Å². The highest BCUT2D eigenvalue weighted by Gasteiger charge is 2.16. The SMILES string of the molecule is CCOc1ccc(NC(=O)C(=O)Nc2ccc(Cl)c(Cl)c2)cc1OCC. The van der Waals surface area contributed by atoms with Crippen molar-refractivity contribution in [1.82, 2.24) is 0 Å². The van der Waals surface area contributed by atoms with E-state index in [1.807, 2.05) is 13.8 Å². The lowest BCUT2D eigenvalue weighted by Crippen LogP contribution is -2.29. The first-order chi connectivity index (χ1) is 12.4. The fourth-order valence-corrected chi connectivity index (χ4v) is 2.38. The number of ether oxygens (including phenoxy) is 2. The van der Waals surface area contributed by atoms with Gasteiger partial charge in [-0.1, -0.05) is 23.2 Å². The van der Waals surface area contributed by atoms with Crippen LogP contribution in [0.3, 0.4) is 0 Å². The van der Waals surface area contributed by atoms with Crippen molar-refractivity contribution in [2.45, 2.75) is 13.8 Å². The van der Waals surface area contributed by atoms with Crippen LogP contribution in [0.25, 0.3) is 0 Å². The molecule has 0 radical (unpaired) electrons. The van der Waals surface area contributed by atoms with Crippen LogP contribution < -0.4 is 20.1 Å². The van der Waals surface area contributed by atoms with E-state index in [1.54, 1.807) is 24.3 Å². The molecule has 0 aliphatic rings. The van der Waals surface area contributed by atoms with Gasteiger partial charge in [-0.15, -0.1) is 0 Å². The molecule has 0 bridgehead atoms. The second-order valence-corrected chi connectivity index (χ2v) is 5.88. The molecule has 0 saturated heterocycles. The van der Waals surface area contributed by atoms with Crippen molar-refractivity contribution < 1.29 is 19.1 Å². The van der Waals surface area contributed by atoms with Crippen molar-refractivity contribution in [3.8, 4) is 11.5 Å². The van der Waals surface area contributed by atoms with Gasteiger partial charge < -0.3 is 20.1 Å². The molecule has 138 valence electrons. The van der Waals surface area contributed by atoms with Crippen molar-refractivity contribution in [3.05, 3.63) is 46.4 Å². The molecular formula is C18H18Cl2N2O4. The summed E-state index contributed by atoms with van der Waals surface area (Å²) in [4.78, 5) is 24.1. The zero-order valence-electron chi connectivity index (χ0n) is 14.3. The number of hydrogen-bond acceptors (Lipinski definition) is 4. The monoisotopic (exact) mass is 396 g/mol. The zero-order valence-corrected chi connectivity index (χ0v) is 15.8. The van der Waals surface area contributed by atoms with Crippen molar-refractivity contribution in [2.24, 2.45) is 0 Å². The van der Waals surface area contributed by atoms with Gasteiger partial charge in [-0.05, 0) is 44.2 Å². The van der Waals surface area contributed by atoms with Crippen LogP contribution in [0, 0.1) is 0 Å². The normalized spacial score (nSPS) is 10.2. The van der Waals surface area contributed by atoms with Crippen LogP contribution in [-0.4, -0.2) is 25.0 Å². The molecule has 6 nitrogen and oxygen atoms in total. The third kappa shape index (κ3) is 5.28. The molecule has 0 aliphatic heterocycles. The van der Waals surface area contributed by atoms with Gasteiger partial charge in [0.05, 0.1) is 23.3 Å². The summed E-state index contributed by atoms with van der Waals surface area (Å²) in [6, 6.07) is 9.42. The molecule has 0 fully saturated rings. The zero-order chi connectivity index (χ0) is 19.1. The van der Waals surface area contributed by atoms with E-state index in [4.69, 9.17) is 32.7 Å². The predicted octanol–water partition coefficient (Wildman–Crippen LogP) is 4.37. The van der Waals surface area contributed by atoms with E-state index < -0.39 is 11.8 Å². The van der Waals surface area contributed by atoms with Crippen molar-refractivity contribution >= 4 is 46.4 Å². The van der Waals surface area contributed by atoms with E-state index in [-0.39, 0.29) is 5.02 Å². The summed E-state index contributed by atoms with van der Waals surface area (Å²) < 4.78 is 10.9. The Hall–Kier alpha value is -2.44. The minimum atomic E-state index is -0.838. The minimum absolute atomic E-state index is 0.276. The fourth-order valence-electron chi connectivity index (χ4n) is 2.08. The molecule has 0 spiro atoms. The maximum absolute atomic E-state index is 12.1. The van der Waals surface area contributed by atoms with E-state index >= 15 is 0 Å². The number of hydrogen-bond donors (Lipinski definition) is 2. The summed E-state index contributed by atoms with van der Waals surface area (Å²) in [5.74, 6) is -0.623. The van der Waals surface area contributed by atoms with Gasteiger partial charge in [-0.3, -0.25) is 9.59 Å². The molecule has 2 rings (SSSR count). The lowest BCUT2D eigenvalue weighted by molar-refractivity contribution is -0.132. The average molecular weight is 397 g/mol. The molecule has 0 saturated carbocycles. The number of nitrogens with one attached hydrogen (secondary N) is 2. The topological polar surface area (TPSA) is 76.7 Å². The molecule has 8 heteroatoms. The maximum atomic E-state index is 12.1. The van der Waals surface area contributed by atoms with Gasteiger partial charge in [0.2, 0.25) is 0 Å². The Balaban J connectivity index is 2.06. The highest BCUT2D eigenvalue weighted by Crippen LogP contribution is 2.30. The van der Waals surface area contributed by atoms with Crippen LogP contribution in [0.4, 0.5) is 11.4 Å². The molecule has 0 heterocycles. The number of amides is 2. The first kappa shape index (κ1) is 19.9. The Labute approximate surface area is 161 Å². The quantitative estimate of drug-likeness (QED) is 0.710. The Morgan fingerprint density at radius 3 is 1.92 bits per heavy atom.